The van der Waals surface area contributed by atoms with Crippen LogP contribution < -0.4 is 4.74 Å². The second kappa shape index (κ2) is 11.0. The molecule has 5 rings (SSSR count). The Morgan fingerprint density at radius 3 is 2.28 bits per heavy atom. The van der Waals surface area contributed by atoms with Crippen molar-refractivity contribution in [2.24, 2.45) is 0 Å². The van der Waals surface area contributed by atoms with Gasteiger partial charge in [0.05, 0.1) is 6.26 Å². The van der Waals surface area contributed by atoms with Crippen LogP contribution in [0.1, 0.15) is 44.9 Å². The lowest BCUT2D eigenvalue weighted by atomic mass is 10.1. The van der Waals surface area contributed by atoms with Gasteiger partial charge in [0.1, 0.15) is 11.9 Å². The number of ether oxygens (including phenoxy) is 1. The first-order valence-electron chi connectivity index (χ1n) is 12.7. The maximum absolute atomic E-state index is 12.8. The molecular weight excluding hydrogens is 454 g/mol. The maximum Gasteiger partial charge on any atom is 0.289 e. The molecule has 188 valence electrons. The number of nitrogens with zero attached hydrogens (tertiary/aromatic N) is 3. The minimum atomic E-state index is -0.0401. The molecule has 7 heteroatoms. The Morgan fingerprint density at radius 2 is 1.58 bits per heavy atom. The monoisotopic (exact) mass is 487 g/mol. The van der Waals surface area contributed by atoms with Gasteiger partial charge in [0, 0.05) is 64.2 Å². The van der Waals surface area contributed by atoms with Crippen molar-refractivity contribution in [1.82, 2.24) is 14.7 Å². The van der Waals surface area contributed by atoms with Crippen LogP contribution in [-0.4, -0.2) is 71.9 Å². The van der Waals surface area contributed by atoms with E-state index in [0.717, 1.165) is 49.4 Å². The Labute approximate surface area is 212 Å². The highest BCUT2D eigenvalue weighted by Gasteiger charge is 2.26. The van der Waals surface area contributed by atoms with E-state index in [9.17, 15) is 9.59 Å². The summed E-state index contributed by atoms with van der Waals surface area (Å²) in [4.78, 5) is 31.4. The lowest BCUT2D eigenvalue weighted by Gasteiger charge is -2.34. The Morgan fingerprint density at radius 1 is 0.861 bits per heavy atom. The van der Waals surface area contributed by atoms with Crippen LogP contribution in [0.15, 0.2) is 71.3 Å². The highest BCUT2D eigenvalue weighted by atomic mass is 16.5. The second-order valence-electron chi connectivity index (χ2n) is 9.67. The number of aryl methyl sites for hydroxylation is 1. The van der Waals surface area contributed by atoms with Crippen molar-refractivity contribution in [3.8, 4) is 5.75 Å². The Balaban J connectivity index is 1.09. The molecule has 1 aromatic heterocycles. The van der Waals surface area contributed by atoms with Crippen LogP contribution in [0.5, 0.6) is 5.75 Å². The first-order chi connectivity index (χ1) is 17.5. The van der Waals surface area contributed by atoms with Gasteiger partial charge in [0.25, 0.3) is 11.8 Å². The van der Waals surface area contributed by atoms with Crippen molar-refractivity contribution in [1.29, 1.82) is 0 Å². The minimum absolute atomic E-state index is 0.0401. The summed E-state index contributed by atoms with van der Waals surface area (Å²) in [6, 6.07) is 19.5. The largest absolute Gasteiger partial charge is 0.490 e. The minimum Gasteiger partial charge on any atom is -0.490 e. The molecule has 0 saturated carbocycles. The molecule has 36 heavy (non-hydrogen) atoms. The highest BCUT2D eigenvalue weighted by molar-refractivity contribution is 5.94. The number of benzene rings is 2. The molecule has 2 aliphatic heterocycles. The standard InChI is InChI=1S/C29H33N3O4/c1-22-7-9-24(10-8-22)28(33)31-13-11-25(12-14-31)36-26-5-2-4-23(20-26)21-30-15-17-32(18-16-30)29(34)27-6-3-19-35-27/h2-10,19-20,25H,11-18,21H2,1H3. The molecule has 0 radical (unpaired) electrons. The number of furan rings is 1. The predicted molar refractivity (Wildman–Crippen MR) is 137 cm³/mol. The van der Waals surface area contributed by atoms with Crippen LogP contribution in [0.3, 0.4) is 0 Å². The van der Waals surface area contributed by atoms with Crippen molar-refractivity contribution in [2.75, 3.05) is 39.3 Å². The average molecular weight is 488 g/mol. The number of piperidine rings is 1. The third-order valence-corrected chi connectivity index (χ3v) is 7.03. The van der Waals surface area contributed by atoms with E-state index in [2.05, 4.69) is 17.0 Å². The number of hydrogen-bond donors (Lipinski definition) is 0. The number of rotatable bonds is 6. The van der Waals surface area contributed by atoms with Gasteiger partial charge in [-0.2, -0.15) is 0 Å². The maximum atomic E-state index is 12.8. The van der Waals surface area contributed by atoms with Crippen molar-refractivity contribution in [2.45, 2.75) is 32.4 Å². The van der Waals surface area contributed by atoms with Crippen LogP contribution in [0.25, 0.3) is 0 Å². The molecule has 0 aliphatic carbocycles. The molecule has 2 fully saturated rings. The zero-order chi connectivity index (χ0) is 24.9. The Bertz CT molecular complexity index is 1160. The van der Waals surface area contributed by atoms with Gasteiger partial charge < -0.3 is 19.0 Å². The van der Waals surface area contributed by atoms with E-state index in [-0.39, 0.29) is 17.9 Å². The van der Waals surface area contributed by atoms with E-state index in [4.69, 9.17) is 9.15 Å². The van der Waals surface area contributed by atoms with E-state index in [1.165, 1.54) is 11.8 Å². The zero-order valence-corrected chi connectivity index (χ0v) is 20.8. The van der Waals surface area contributed by atoms with Crippen LogP contribution in [0, 0.1) is 6.92 Å². The topological polar surface area (TPSA) is 66.2 Å². The van der Waals surface area contributed by atoms with Crippen molar-refractivity contribution in [3.05, 3.63) is 89.4 Å². The fraction of sp³-hybridized carbons (Fsp3) is 0.379. The number of hydrogen-bond acceptors (Lipinski definition) is 5. The Hall–Kier alpha value is -3.58. The van der Waals surface area contributed by atoms with Crippen molar-refractivity contribution in [3.63, 3.8) is 0 Å². The molecule has 2 aliphatic rings. The molecule has 3 aromatic rings. The average Bonchev–Trinajstić information content (AvgIpc) is 3.45. The van der Waals surface area contributed by atoms with Crippen LogP contribution in [0.2, 0.25) is 0 Å². The summed E-state index contributed by atoms with van der Waals surface area (Å²) in [6.45, 7) is 7.29. The zero-order valence-electron chi connectivity index (χ0n) is 20.8. The number of likely N-dealkylation sites (tertiary alicyclic amines) is 1. The molecule has 0 bridgehead atoms. The lowest BCUT2D eigenvalue weighted by molar-refractivity contribution is 0.0594. The second-order valence-corrected chi connectivity index (χ2v) is 9.67. The third-order valence-electron chi connectivity index (χ3n) is 7.03. The van der Waals surface area contributed by atoms with E-state index in [1.54, 1.807) is 12.1 Å². The van der Waals surface area contributed by atoms with Crippen LogP contribution in [0.4, 0.5) is 0 Å². The van der Waals surface area contributed by atoms with Gasteiger partial charge in [-0.05, 0) is 48.9 Å². The normalized spacial score (nSPS) is 17.2. The quantitative estimate of drug-likeness (QED) is 0.521. The number of carbonyl (C=O) groups is 2. The van der Waals surface area contributed by atoms with Crippen molar-refractivity contribution < 1.29 is 18.7 Å². The Kier molecular flexibility index (Phi) is 7.37. The molecule has 0 spiro atoms. The number of amides is 2. The first kappa shape index (κ1) is 24.1. The van der Waals surface area contributed by atoms with Gasteiger partial charge >= 0.3 is 0 Å². The first-order valence-corrected chi connectivity index (χ1v) is 12.7. The SMILES string of the molecule is Cc1ccc(C(=O)N2CCC(Oc3cccc(CN4CCN(C(=O)c5ccco5)CC4)c3)CC2)cc1. The van der Waals surface area contributed by atoms with Gasteiger partial charge in [0.2, 0.25) is 0 Å². The molecule has 2 amide bonds. The van der Waals surface area contributed by atoms with E-state index in [0.29, 0.717) is 31.9 Å². The van der Waals surface area contributed by atoms with E-state index < -0.39 is 0 Å². The van der Waals surface area contributed by atoms with Gasteiger partial charge in [-0.3, -0.25) is 14.5 Å². The molecule has 3 heterocycles. The summed E-state index contributed by atoms with van der Waals surface area (Å²) >= 11 is 0. The van der Waals surface area contributed by atoms with Crippen LogP contribution >= 0.6 is 0 Å². The lowest BCUT2D eigenvalue weighted by Crippen LogP contribution is -2.48. The number of carbonyl (C=O) groups excluding carboxylic acids is 2. The smallest absolute Gasteiger partial charge is 0.289 e. The third kappa shape index (κ3) is 5.79. The fourth-order valence-corrected chi connectivity index (χ4v) is 4.89. The van der Waals surface area contributed by atoms with Gasteiger partial charge in [0.15, 0.2) is 5.76 Å². The summed E-state index contributed by atoms with van der Waals surface area (Å²) in [6.07, 6.45) is 3.30. The highest BCUT2D eigenvalue weighted by Crippen LogP contribution is 2.22. The molecule has 0 atom stereocenters. The van der Waals surface area contributed by atoms with Crippen LogP contribution in [-0.2, 0) is 6.54 Å². The van der Waals surface area contributed by atoms with E-state index >= 15 is 0 Å². The molecular formula is C29H33N3O4. The summed E-state index contributed by atoms with van der Waals surface area (Å²) in [7, 11) is 0. The summed E-state index contributed by atoms with van der Waals surface area (Å²) in [5, 5.41) is 0. The van der Waals surface area contributed by atoms with E-state index in [1.807, 2.05) is 53.1 Å². The van der Waals surface area contributed by atoms with Crippen molar-refractivity contribution >= 4 is 11.8 Å². The molecule has 7 nitrogen and oxygen atoms in total. The van der Waals surface area contributed by atoms with Gasteiger partial charge in [-0.15, -0.1) is 0 Å². The summed E-state index contributed by atoms with van der Waals surface area (Å²) in [5.74, 6) is 1.34. The summed E-state index contributed by atoms with van der Waals surface area (Å²) < 4.78 is 11.6. The van der Waals surface area contributed by atoms with Gasteiger partial charge in [-0.25, -0.2) is 0 Å². The molecule has 2 saturated heterocycles. The fourth-order valence-electron chi connectivity index (χ4n) is 4.89. The molecule has 2 aromatic carbocycles. The predicted octanol–water partition coefficient (Wildman–Crippen LogP) is 4.23. The molecule has 0 N–H and O–H groups in total. The molecule has 0 unspecified atom stereocenters. The summed E-state index contributed by atoms with van der Waals surface area (Å²) in [5.41, 5.74) is 3.10. The number of piperazine rings is 1. The van der Waals surface area contributed by atoms with Gasteiger partial charge in [-0.1, -0.05) is 29.8 Å².